The Balaban J connectivity index is 1.78. The molecule has 1 fully saturated rings. The lowest BCUT2D eigenvalue weighted by atomic mass is 10.2. The largest absolute Gasteiger partial charge is 0.336 e. The zero-order valence-corrected chi connectivity index (χ0v) is 11.5. The van der Waals surface area contributed by atoms with Crippen molar-refractivity contribution in [2.45, 2.75) is 13.0 Å². The predicted molar refractivity (Wildman–Crippen MR) is 72.5 cm³/mol. The summed E-state index contributed by atoms with van der Waals surface area (Å²) in [5, 5.41) is 0.889. The molecule has 0 aromatic carbocycles. The maximum atomic E-state index is 11.8. The van der Waals surface area contributed by atoms with E-state index < -0.39 is 0 Å². The lowest BCUT2D eigenvalue weighted by Crippen LogP contribution is -2.24. The number of imidazole rings is 1. The Kier molecular flexibility index (Phi) is 3.07. The molecule has 3 heterocycles. The van der Waals surface area contributed by atoms with Gasteiger partial charge in [-0.3, -0.25) is 4.79 Å². The smallest absolute Gasteiger partial charge is 0.223 e. The number of alkyl halides is 1. The second-order valence-electron chi connectivity index (χ2n) is 4.70. The van der Waals surface area contributed by atoms with Gasteiger partial charge in [-0.25, -0.2) is 4.98 Å². The molecule has 3 rings (SSSR count). The molecule has 2 aromatic rings. The van der Waals surface area contributed by atoms with E-state index >= 15 is 0 Å². The molecular weight excluding hydrogens is 294 g/mol. The molecule has 1 saturated heterocycles. The van der Waals surface area contributed by atoms with Crippen LogP contribution < -0.4 is 0 Å². The molecule has 1 aliphatic rings. The van der Waals surface area contributed by atoms with Crippen molar-refractivity contribution in [2.75, 3.05) is 11.9 Å². The average molecular weight is 308 g/mol. The van der Waals surface area contributed by atoms with Crippen molar-refractivity contribution < 1.29 is 4.79 Å². The second-order valence-corrected chi connectivity index (χ2v) is 5.34. The summed E-state index contributed by atoms with van der Waals surface area (Å²) in [4.78, 5) is 18.2. The molecule has 1 aliphatic heterocycles. The molecule has 0 bridgehead atoms. The van der Waals surface area contributed by atoms with Crippen LogP contribution in [-0.4, -0.2) is 32.1 Å². The minimum atomic E-state index is 0.233. The first kappa shape index (κ1) is 11.7. The van der Waals surface area contributed by atoms with E-state index in [0.29, 0.717) is 18.9 Å². The summed E-state index contributed by atoms with van der Waals surface area (Å²) in [6, 6.07) is 5.91. The van der Waals surface area contributed by atoms with Crippen LogP contribution in [0.1, 0.15) is 12.1 Å². The third-order valence-electron chi connectivity index (χ3n) is 3.28. The Morgan fingerprint density at radius 2 is 2.33 bits per heavy atom. The molecule has 1 unspecified atom stereocenters. The molecule has 4 nitrogen and oxygen atoms in total. The molecule has 0 spiro atoms. The fraction of sp³-hybridized carbons (Fsp3) is 0.385. The Morgan fingerprint density at radius 3 is 3.06 bits per heavy atom. The molecular formula is C13H14BrN3O. The molecule has 0 N–H and O–H groups in total. The molecule has 1 atom stereocenters. The standard InChI is InChI=1S/C13H14BrN3O/c14-6-10-5-13(18)17(7-10)9-11-8-16-4-2-1-3-12(16)15-11/h1-4,8,10H,5-7,9H2. The number of hydrogen-bond acceptors (Lipinski definition) is 2. The van der Waals surface area contributed by atoms with Crippen molar-refractivity contribution in [1.29, 1.82) is 0 Å². The van der Waals surface area contributed by atoms with Gasteiger partial charge in [-0.2, -0.15) is 0 Å². The number of fused-ring (bicyclic) bond motifs is 1. The van der Waals surface area contributed by atoms with Crippen LogP contribution in [-0.2, 0) is 11.3 Å². The third-order valence-corrected chi connectivity index (χ3v) is 4.20. The van der Waals surface area contributed by atoms with E-state index in [1.165, 1.54) is 0 Å². The van der Waals surface area contributed by atoms with E-state index in [-0.39, 0.29) is 5.91 Å². The Morgan fingerprint density at radius 1 is 1.44 bits per heavy atom. The lowest BCUT2D eigenvalue weighted by molar-refractivity contribution is -0.128. The first-order chi connectivity index (χ1) is 8.76. The van der Waals surface area contributed by atoms with Crippen molar-refractivity contribution in [3.05, 3.63) is 36.3 Å². The van der Waals surface area contributed by atoms with Crippen molar-refractivity contribution in [1.82, 2.24) is 14.3 Å². The number of pyridine rings is 1. The van der Waals surface area contributed by atoms with Gasteiger partial charge >= 0.3 is 0 Å². The van der Waals surface area contributed by atoms with Gasteiger partial charge in [0.1, 0.15) is 5.65 Å². The second kappa shape index (κ2) is 4.72. The number of amides is 1. The minimum absolute atomic E-state index is 0.233. The van der Waals surface area contributed by atoms with Crippen LogP contribution in [0.4, 0.5) is 0 Å². The molecule has 0 saturated carbocycles. The van der Waals surface area contributed by atoms with Crippen LogP contribution >= 0.6 is 15.9 Å². The summed E-state index contributed by atoms with van der Waals surface area (Å²) in [5.41, 5.74) is 1.88. The first-order valence-electron chi connectivity index (χ1n) is 6.02. The van der Waals surface area contributed by atoms with Crippen molar-refractivity contribution in [3.63, 3.8) is 0 Å². The molecule has 18 heavy (non-hydrogen) atoms. The molecule has 5 heteroatoms. The average Bonchev–Trinajstić information content (AvgIpc) is 2.93. The van der Waals surface area contributed by atoms with Crippen LogP contribution in [0.25, 0.3) is 5.65 Å². The summed E-state index contributed by atoms with van der Waals surface area (Å²) in [5.74, 6) is 0.672. The van der Waals surface area contributed by atoms with E-state index in [0.717, 1.165) is 23.2 Å². The van der Waals surface area contributed by atoms with Crippen LogP contribution in [0.2, 0.25) is 0 Å². The van der Waals surface area contributed by atoms with Gasteiger partial charge in [0, 0.05) is 30.7 Å². The minimum Gasteiger partial charge on any atom is -0.336 e. The van der Waals surface area contributed by atoms with E-state index in [2.05, 4.69) is 20.9 Å². The number of likely N-dealkylation sites (tertiary alicyclic amines) is 1. The van der Waals surface area contributed by atoms with Crippen LogP contribution in [0, 0.1) is 5.92 Å². The maximum Gasteiger partial charge on any atom is 0.223 e. The molecule has 1 amide bonds. The topological polar surface area (TPSA) is 37.6 Å². The van der Waals surface area contributed by atoms with Gasteiger partial charge in [0.25, 0.3) is 0 Å². The zero-order chi connectivity index (χ0) is 12.5. The Hall–Kier alpha value is -1.36. The van der Waals surface area contributed by atoms with Gasteiger partial charge in [0.05, 0.1) is 12.2 Å². The van der Waals surface area contributed by atoms with E-state index in [1.807, 2.05) is 39.9 Å². The monoisotopic (exact) mass is 307 g/mol. The van der Waals surface area contributed by atoms with E-state index in [4.69, 9.17) is 0 Å². The highest BCUT2D eigenvalue weighted by molar-refractivity contribution is 9.09. The zero-order valence-electron chi connectivity index (χ0n) is 9.92. The van der Waals surface area contributed by atoms with Crippen LogP contribution in [0.3, 0.4) is 0 Å². The fourth-order valence-corrected chi connectivity index (χ4v) is 2.80. The van der Waals surface area contributed by atoms with Crippen molar-refractivity contribution in [3.8, 4) is 0 Å². The molecule has 0 radical (unpaired) electrons. The van der Waals surface area contributed by atoms with Crippen molar-refractivity contribution in [2.24, 2.45) is 5.92 Å². The number of rotatable bonds is 3. The molecule has 94 valence electrons. The van der Waals surface area contributed by atoms with Gasteiger partial charge in [0.15, 0.2) is 0 Å². The fourth-order valence-electron chi connectivity index (χ4n) is 2.37. The van der Waals surface area contributed by atoms with E-state index in [1.54, 1.807) is 0 Å². The SMILES string of the molecule is O=C1CC(CBr)CN1Cc1cn2ccccc2n1. The quantitative estimate of drug-likeness (QED) is 0.814. The van der Waals surface area contributed by atoms with Gasteiger partial charge in [-0.1, -0.05) is 22.0 Å². The first-order valence-corrected chi connectivity index (χ1v) is 7.15. The summed E-state index contributed by atoms with van der Waals surface area (Å²) >= 11 is 3.45. The lowest BCUT2D eigenvalue weighted by Gasteiger charge is -2.14. The number of halogens is 1. The number of carbonyl (C=O) groups is 1. The highest BCUT2D eigenvalue weighted by Gasteiger charge is 2.29. The summed E-state index contributed by atoms with van der Waals surface area (Å²) in [6.45, 7) is 1.45. The van der Waals surface area contributed by atoms with Crippen LogP contribution in [0.5, 0.6) is 0 Å². The van der Waals surface area contributed by atoms with Gasteiger partial charge in [-0.15, -0.1) is 0 Å². The molecule has 2 aromatic heterocycles. The molecule has 0 aliphatic carbocycles. The summed E-state index contributed by atoms with van der Waals surface area (Å²) in [7, 11) is 0. The van der Waals surface area contributed by atoms with E-state index in [9.17, 15) is 4.79 Å². The Bertz CT molecular complexity index is 547. The Labute approximate surface area is 114 Å². The van der Waals surface area contributed by atoms with Gasteiger partial charge < -0.3 is 9.30 Å². The summed E-state index contributed by atoms with van der Waals surface area (Å²) in [6.07, 6.45) is 4.61. The van der Waals surface area contributed by atoms with Gasteiger partial charge in [0.2, 0.25) is 5.91 Å². The third kappa shape index (κ3) is 2.14. The highest BCUT2D eigenvalue weighted by Crippen LogP contribution is 2.21. The number of nitrogens with zero attached hydrogens (tertiary/aromatic N) is 3. The maximum absolute atomic E-state index is 11.8. The normalized spacial score (nSPS) is 19.9. The highest BCUT2D eigenvalue weighted by atomic mass is 79.9. The predicted octanol–water partition coefficient (Wildman–Crippen LogP) is 2.08. The van der Waals surface area contributed by atoms with Crippen LogP contribution in [0.15, 0.2) is 30.6 Å². The number of aromatic nitrogens is 2. The number of carbonyl (C=O) groups excluding carboxylic acids is 1. The summed E-state index contributed by atoms with van der Waals surface area (Å²) < 4.78 is 1.98. The van der Waals surface area contributed by atoms with Gasteiger partial charge in [-0.05, 0) is 18.1 Å². The van der Waals surface area contributed by atoms with Crippen molar-refractivity contribution >= 4 is 27.5 Å². The number of hydrogen-bond donors (Lipinski definition) is 0.